The quantitative estimate of drug-likeness (QED) is 0.619. The Morgan fingerprint density at radius 2 is 1.82 bits per heavy atom. The molecule has 2 aromatic carbocycles. The first-order valence-electron chi connectivity index (χ1n) is 8.49. The summed E-state index contributed by atoms with van der Waals surface area (Å²) in [4.78, 5) is 13.4. The van der Waals surface area contributed by atoms with Crippen molar-refractivity contribution >= 4 is 33.0 Å². The van der Waals surface area contributed by atoms with Gasteiger partial charge < -0.3 is 5.32 Å². The number of rotatable bonds is 6. The van der Waals surface area contributed by atoms with Crippen molar-refractivity contribution in [2.24, 2.45) is 0 Å². The van der Waals surface area contributed by atoms with Crippen LogP contribution in [0.2, 0.25) is 0 Å². The zero-order valence-electron chi connectivity index (χ0n) is 15.3. The van der Waals surface area contributed by atoms with E-state index in [1.54, 1.807) is 23.5 Å². The summed E-state index contributed by atoms with van der Waals surface area (Å²) < 4.78 is 40.7. The van der Waals surface area contributed by atoms with Gasteiger partial charge in [0.1, 0.15) is 5.82 Å². The van der Waals surface area contributed by atoms with Gasteiger partial charge in [-0.3, -0.25) is 9.52 Å². The predicted octanol–water partition coefficient (Wildman–Crippen LogP) is 4.49. The van der Waals surface area contributed by atoms with E-state index in [-0.39, 0.29) is 22.4 Å². The Bertz CT molecular complexity index is 1080. The van der Waals surface area contributed by atoms with Gasteiger partial charge in [-0.25, -0.2) is 12.8 Å². The molecule has 0 aliphatic rings. The Kier molecular flexibility index (Phi) is 5.81. The lowest BCUT2D eigenvalue weighted by atomic mass is 10.2. The van der Waals surface area contributed by atoms with Gasteiger partial charge in [0.2, 0.25) is 0 Å². The Labute approximate surface area is 167 Å². The van der Waals surface area contributed by atoms with E-state index in [9.17, 15) is 17.6 Å². The molecule has 3 aromatic rings. The van der Waals surface area contributed by atoms with Gasteiger partial charge in [-0.1, -0.05) is 6.07 Å². The topological polar surface area (TPSA) is 75.3 Å². The predicted molar refractivity (Wildman–Crippen MR) is 109 cm³/mol. The monoisotopic (exact) mass is 418 g/mol. The SMILES string of the molecule is Cc1cc(S(=O)(=O)Nc2ccc(C(=O)NC(C)c3cccs3)cc2)ccc1F. The molecule has 0 aliphatic carbocycles. The second-order valence-corrected chi connectivity index (χ2v) is 8.97. The molecule has 2 N–H and O–H groups in total. The van der Waals surface area contributed by atoms with Gasteiger partial charge >= 0.3 is 0 Å². The van der Waals surface area contributed by atoms with Crippen LogP contribution in [0.1, 0.15) is 33.8 Å². The first-order valence-corrected chi connectivity index (χ1v) is 10.9. The maximum atomic E-state index is 13.4. The van der Waals surface area contributed by atoms with Crippen molar-refractivity contribution in [1.82, 2.24) is 5.32 Å². The summed E-state index contributed by atoms with van der Waals surface area (Å²) in [5.74, 6) is -0.712. The lowest BCUT2D eigenvalue weighted by molar-refractivity contribution is 0.0940. The molecule has 3 rings (SSSR count). The standard InChI is InChI=1S/C20H19FN2O3S2/c1-13-12-17(9-10-18(13)21)28(25,26)23-16-7-5-15(6-8-16)20(24)22-14(2)19-4-3-11-27-19/h3-12,14,23H,1-2H3,(H,22,24). The average Bonchev–Trinajstić information content (AvgIpc) is 3.19. The molecular formula is C20H19FN2O3S2. The molecule has 8 heteroatoms. The number of carbonyl (C=O) groups is 1. The van der Waals surface area contributed by atoms with E-state index in [4.69, 9.17) is 0 Å². The van der Waals surface area contributed by atoms with Gasteiger partial charge in [0, 0.05) is 16.1 Å². The zero-order chi connectivity index (χ0) is 20.3. The van der Waals surface area contributed by atoms with Crippen LogP contribution in [0.3, 0.4) is 0 Å². The highest BCUT2D eigenvalue weighted by molar-refractivity contribution is 7.92. The molecule has 0 spiro atoms. The van der Waals surface area contributed by atoms with Crippen LogP contribution in [0.15, 0.2) is 64.9 Å². The van der Waals surface area contributed by atoms with Crippen LogP contribution < -0.4 is 10.0 Å². The van der Waals surface area contributed by atoms with Crippen molar-refractivity contribution in [3.8, 4) is 0 Å². The molecule has 0 saturated carbocycles. The number of hydrogen-bond donors (Lipinski definition) is 2. The van der Waals surface area contributed by atoms with E-state index in [0.29, 0.717) is 11.3 Å². The first kappa shape index (κ1) is 20.0. The number of sulfonamides is 1. The van der Waals surface area contributed by atoms with Gasteiger partial charge in [-0.15, -0.1) is 11.3 Å². The molecule has 0 saturated heterocycles. The lowest BCUT2D eigenvalue weighted by Crippen LogP contribution is -2.26. The highest BCUT2D eigenvalue weighted by Crippen LogP contribution is 2.21. The minimum absolute atomic E-state index is 0.0296. The summed E-state index contributed by atoms with van der Waals surface area (Å²) in [6.45, 7) is 3.40. The van der Waals surface area contributed by atoms with Gasteiger partial charge in [0.25, 0.3) is 15.9 Å². The Morgan fingerprint density at radius 3 is 2.43 bits per heavy atom. The van der Waals surface area contributed by atoms with Gasteiger partial charge in [-0.05, 0) is 73.3 Å². The van der Waals surface area contributed by atoms with Crippen molar-refractivity contribution in [1.29, 1.82) is 0 Å². The molecule has 5 nitrogen and oxygen atoms in total. The fourth-order valence-corrected chi connectivity index (χ4v) is 4.45. The van der Waals surface area contributed by atoms with Crippen LogP contribution in [0.4, 0.5) is 10.1 Å². The van der Waals surface area contributed by atoms with E-state index in [1.807, 2.05) is 24.4 Å². The molecule has 1 amide bonds. The Morgan fingerprint density at radius 1 is 1.11 bits per heavy atom. The number of carbonyl (C=O) groups excluding carboxylic acids is 1. The molecule has 0 aliphatic heterocycles. The van der Waals surface area contributed by atoms with Crippen molar-refractivity contribution in [2.75, 3.05) is 4.72 Å². The number of hydrogen-bond acceptors (Lipinski definition) is 4. The number of benzene rings is 2. The van der Waals surface area contributed by atoms with E-state index in [1.165, 1.54) is 31.2 Å². The molecule has 0 radical (unpaired) electrons. The van der Waals surface area contributed by atoms with E-state index < -0.39 is 15.8 Å². The molecule has 1 aromatic heterocycles. The maximum Gasteiger partial charge on any atom is 0.261 e. The lowest BCUT2D eigenvalue weighted by Gasteiger charge is -2.13. The summed E-state index contributed by atoms with van der Waals surface area (Å²) in [6.07, 6.45) is 0. The van der Waals surface area contributed by atoms with Crippen LogP contribution in [0.5, 0.6) is 0 Å². The Hall–Kier alpha value is -2.71. The van der Waals surface area contributed by atoms with Crippen molar-refractivity contribution in [3.05, 3.63) is 81.8 Å². The highest BCUT2D eigenvalue weighted by atomic mass is 32.2. The summed E-state index contributed by atoms with van der Waals surface area (Å²) in [7, 11) is -3.85. The van der Waals surface area contributed by atoms with E-state index >= 15 is 0 Å². The molecular weight excluding hydrogens is 399 g/mol. The normalized spacial score (nSPS) is 12.4. The van der Waals surface area contributed by atoms with Crippen molar-refractivity contribution in [2.45, 2.75) is 24.8 Å². The zero-order valence-corrected chi connectivity index (χ0v) is 16.9. The highest BCUT2D eigenvalue weighted by Gasteiger charge is 2.16. The third-order valence-electron chi connectivity index (χ3n) is 4.16. The van der Waals surface area contributed by atoms with Crippen LogP contribution in [0.25, 0.3) is 0 Å². The maximum absolute atomic E-state index is 13.4. The second kappa shape index (κ2) is 8.12. The number of halogens is 1. The molecule has 146 valence electrons. The summed E-state index contributed by atoms with van der Waals surface area (Å²) in [5.41, 5.74) is 0.976. The molecule has 1 heterocycles. The molecule has 0 fully saturated rings. The van der Waals surface area contributed by atoms with Gasteiger partial charge in [-0.2, -0.15) is 0 Å². The van der Waals surface area contributed by atoms with Crippen LogP contribution in [-0.4, -0.2) is 14.3 Å². The smallest absolute Gasteiger partial charge is 0.261 e. The second-order valence-electron chi connectivity index (χ2n) is 6.30. The number of aryl methyl sites for hydroxylation is 1. The molecule has 1 atom stereocenters. The summed E-state index contributed by atoms with van der Waals surface area (Å²) in [5, 5.41) is 4.85. The largest absolute Gasteiger partial charge is 0.345 e. The van der Waals surface area contributed by atoms with Gasteiger partial charge in [0.05, 0.1) is 10.9 Å². The van der Waals surface area contributed by atoms with Crippen molar-refractivity contribution in [3.63, 3.8) is 0 Å². The fraction of sp³-hybridized carbons (Fsp3) is 0.150. The molecule has 28 heavy (non-hydrogen) atoms. The minimum Gasteiger partial charge on any atom is -0.345 e. The van der Waals surface area contributed by atoms with Gasteiger partial charge in [0.15, 0.2) is 0 Å². The minimum atomic E-state index is -3.85. The summed E-state index contributed by atoms with van der Waals surface area (Å²) in [6, 6.07) is 13.5. The van der Waals surface area contributed by atoms with E-state index in [0.717, 1.165) is 10.9 Å². The fourth-order valence-electron chi connectivity index (χ4n) is 2.58. The summed E-state index contributed by atoms with van der Waals surface area (Å²) >= 11 is 1.56. The van der Waals surface area contributed by atoms with E-state index in [2.05, 4.69) is 10.0 Å². The first-order chi connectivity index (χ1) is 13.3. The van der Waals surface area contributed by atoms with Crippen LogP contribution >= 0.6 is 11.3 Å². The Balaban J connectivity index is 1.70. The number of thiophene rings is 1. The molecule has 1 unspecified atom stereocenters. The van der Waals surface area contributed by atoms with Crippen molar-refractivity contribution < 1.29 is 17.6 Å². The van der Waals surface area contributed by atoms with Crippen LogP contribution in [-0.2, 0) is 10.0 Å². The van der Waals surface area contributed by atoms with Crippen LogP contribution in [0, 0.1) is 12.7 Å². The third-order valence-corrected chi connectivity index (χ3v) is 6.59. The number of anilines is 1. The average molecular weight is 419 g/mol. The third kappa shape index (κ3) is 4.58. The number of nitrogens with one attached hydrogen (secondary N) is 2. The molecule has 0 bridgehead atoms. The number of amides is 1.